The average Bonchev–Trinajstić information content (AvgIpc) is 2.77. The molecule has 8 nitrogen and oxygen atoms in total. The molecule has 2 atom stereocenters. The summed E-state index contributed by atoms with van der Waals surface area (Å²) in [5.74, 6) is -1.95. The number of nitrogens with zero attached hydrogens (tertiary/aromatic N) is 2. The summed E-state index contributed by atoms with van der Waals surface area (Å²) in [4.78, 5) is 45.5. The van der Waals surface area contributed by atoms with Crippen LogP contribution in [0.2, 0.25) is 0 Å². The quantitative estimate of drug-likeness (QED) is 0.643. The van der Waals surface area contributed by atoms with Crippen LogP contribution in [0.1, 0.15) is 74.7 Å². The topological polar surface area (TPSA) is 121 Å². The number of carbonyl (C=O) groups is 3. The first-order chi connectivity index (χ1) is 14.1. The third kappa shape index (κ3) is 5.74. The molecule has 2 fully saturated rings. The molecule has 2 amide bonds. The van der Waals surface area contributed by atoms with E-state index in [4.69, 9.17) is 0 Å². The van der Waals surface area contributed by atoms with Gasteiger partial charge in [0.05, 0.1) is 6.20 Å². The summed E-state index contributed by atoms with van der Waals surface area (Å²) >= 11 is 0. The van der Waals surface area contributed by atoms with E-state index in [-0.39, 0.29) is 17.5 Å². The van der Waals surface area contributed by atoms with Gasteiger partial charge in [-0.05, 0) is 37.5 Å². The van der Waals surface area contributed by atoms with Crippen molar-refractivity contribution in [2.75, 3.05) is 0 Å². The molecule has 0 bridgehead atoms. The van der Waals surface area contributed by atoms with Crippen LogP contribution in [0.3, 0.4) is 0 Å². The first-order valence-corrected chi connectivity index (χ1v) is 10.7. The largest absolute Gasteiger partial charge is 0.480 e. The lowest BCUT2D eigenvalue weighted by atomic mass is 9.82. The number of rotatable bonds is 7. The number of hydrogen-bond acceptors (Lipinski definition) is 5. The van der Waals surface area contributed by atoms with Crippen LogP contribution >= 0.6 is 0 Å². The van der Waals surface area contributed by atoms with Gasteiger partial charge in [0.15, 0.2) is 0 Å². The van der Waals surface area contributed by atoms with E-state index in [0.717, 1.165) is 64.2 Å². The second kappa shape index (κ2) is 10.3. The van der Waals surface area contributed by atoms with Gasteiger partial charge in [0.25, 0.3) is 5.91 Å². The van der Waals surface area contributed by atoms with Crippen LogP contribution < -0.4 is 10.6 Å². The molecule has 3 rings (SSSR count). The van der Waals surface area contributed by atoms with E-state index in [0.29, 0.717) is 0 Å². The monoisotopic (exact) mass is 402 g/mol. The second-order valence-corrected chi connectivity index (χ2v) is 8.16. The fourth-order valence-corrected chi connectivity index (χ4v) is 4.59. The van der Waals surface area contributed by atoms with E-state index < -0.39 is 29.9 Å². The average molecular weight is 402 g/mol. The molecule has 2 aliphatic carbocycles. The number of amides is 2. The van der Waals surface area contributed by atoms with Crippen LogP contribution in [0.15, 0.2) is 18.6 Å². The number of aromatic nitrogens is 2. The first kappa shape index (κ1) is 21.2. The van der Waals surface area contributed by atoms with Crippen molar-refractivity contribution in [3.8, 4) is 0 Å². The molecule has 1 aromatic rings. The number of carboxylic acids is 1. The molecule has 1 unspecified atom stereocenters. The van der Waals surface area contributed by atoms with Crippen LogP contribution in [0, 0.1) is 11.8 Å². The van der Waals surface area contributed by atoms with Gasteiger partial charge in [-0.15, -0.1) is 0 Å². The van der Waals surface area contributed by atoms with Crippen molar-refractivity contribution in [1.29, 1.82) is 0 Å². The number of carboxylic acid groups (broad SMARTS) is 1. The molecule has 3 N–H and O–H groups in total. The number of carbonyl (C=O) groups excluding carboxylic acids is 2. The van der Waals surface area contributed by atoms with Crippen LogP contribution in [0.5, 0.6) is 0 Å². The number of nitrogens with one attached hydrogen (secondary N) is 2. The van der Waals surface area contributed by atoms with E-state index in [1.807, 2.05) is 0 Å². The molecule has 158 valence electrons. The van der Waals surface area contributed by atoms with E-state index in [1.54, 1.807) is 0 Å². The van der Waals surface area contributed by atoms with Crippen molar-refractivity contribution < 1.29 is 19.5 Å². The molecule has 0 aromatic carbocycles. The Bertz CT molecular complexity index is 700. The maximum atomic E-state index is 13.1. The maximum Gasteiger partial charge on any atom is 0.326 e. The van der Waals surface area contributed by atoms with Gasteiger partial charge < -0.3 is 15.7 Å². The standard InChI is InChI=1S/C21H30N4O4/c26-19(16-13-22-11-12-23-16)24-17(14-7-3-1-4-8-14)20(27)25-18(21(28)29)15-9-5-2-6-10-15/h11-15,17-18H,1-10H2,(H,24,26)(H,25,27)(H,28,29)/t17?,18-/m0/s1. The van der Waals surface area contributed by atoms with Gasteiger partial charge in [0.2, 0.25) is 5.91 Å². The molecule has 1 heterocycles. The summed E-state index contributed by atoms with van der Waals surface area (Å²) in [6, 6.07) is -1.68. The van der Waals surface area contributed by atoms with Gasteiger partial charge >= 0.3 is 5.97 Å². The van der Waals surface area contributed by atoms with Crippen molar-refractivity contribution in [3.05, 3.63) is 24.3 Å². The number of hydrogen-bond donors (Lipinski definition) is 3. The zero-order valence-electron chi connectivity index (χ0n) is 16.7. The maximum absolute atomic E-state index is 13.1. The van der Waals surface area contributed by atoms with Gasteiger partial charge in [-0.1, -0.05) is 38.5 Å². The van der Waals surface area contributed by atoms with E-state index in [2.05, 4.69) is 20.6 Å². The van der Waals surface area contributed by atoms with Crippen LogP contribution in [0.25, 0.3) is 0 Å². The Morgan fingerprint density at radius 2 is 1.45 bits per heavy atom. The molecule has 8 heteroatoms. The highest BCUT2D eigenvalue weighted by Crippen LogP contribution is 2.29. The zero-order chi connectivity index (χ0) is 20.6. The minimum absolute atomic E-state index is 0.00910. The summed E-state index contributed by atoms with van der Waals surface area (Å²) in [6.07, 6.45) is 13.7. The summed E-state index contributed by atoms with van der Waals surface area (Å²) in [7, 11) is 0. The molecule has 2 saturated carbocycles. The van der Waals surface area contributed by atoms with Crippen molar-refractivity contribution in [3.63, 3.8) is 0 Å². The third-order valence-corrected chi connectivity index (χ3v) is 6.17. The van der Waals surface area contributed by atoms with Gasteiger partial charge in [0, 0.05) is 12.4 Å². The lowest BCUT2D eigenvalue weighted by Crippen LogP contribution is -2.56. The van der Waals surface area contributed by atoms with Gasteiger partial charge in [-0.2, -0.15) is 0 Å². The Balaban J connectivity index is 1.73. The lowest BCUT2D eigenvalue weighted by molar-refractivity contribution is -0.144. The minimum atomic E-state index is -1.01. The molecule has 2 aliphatic rings. The van der Waals surface area contributed by atoms with Crippen LogP contribution in [0.4, 0.5) is 0 Å². The van der Waals surface area contributed by atoms with E-state index in [9.17, 15) is 19.5 Å². The smallest absolute Gasteiger partial charge is 0.326 e. The molecule has 29 heavy (non-hydrogen) atoms. The summed E-state index contributed by atoms with van der Waals surface area (Å²) in [5, 5.41) is 15.3. The molecule has 0 radical (unpaired) electrons. The Kier molecular flexibility index (Phi) is 7.55. The van der Waals surface area contributed by atoms with Crippen molar-refractivity contribution in [2.45, 2.75) is 76.3 Å². The first-order valence-electron chi connectivity index (χ1n) is 10.7. The Hall–Kier alpha value is -2.51. The Morgan fingerprint density at radius 1 is 0.862 bits per heavy atom. The SMILES string of the molecule is O=C(NC(C(=O)N[C@H](C(=O)O)C1CCCCC1)C1CCCCC1)c1cnccn1. The van der Waals surface area contributed by atoms with Crippen LogP contribution in [-0.2, 0) is 9.59 Å². The van der Waals surface area contributed by atoms with Gasteiger partial charge in [0.1, 0.15) is 17.8 Å². The molecular formula is C21H30N4O4. The second-order valence-electron chi connectivity index (χ2n) is 8.16. The van der Waals surface area contributed by atoms with Crippen LogP contribution in [-0.4, -0.2) is 44.9 Å². The van der Waals surface area contributed by atoms with Crippen molar-refractivity contribution in [2.24, 2.45) is 11.8 Å². The molecule has 0 saturated heterocycles. The fourth-order valence-electron chi connectivity index (χ4n) is 4.59. The minimum Gasteiger partial charge on any atom is -0.480 e. The van der Waals surface area contributed by atoms with Crippen molar-refractivity contribution in [1.82, 2.24) is 20.6 Å². The molecule has 1 aromatic heterocycles. The summed E-state index contributed by atoms with van der Waals surface area (Å²) in [5.41, 5.74) is 0.142. The third-order valence-electron chi connectivity index (χ3n) is 6.17. The van der Waals surface area contributed by atoms with E-state index >= 15 is 0 Å². The van der Waals surface area contributed by atoms with E-state index in [1.165, 1.54) is 18.6 Å². The Morgan fingerprint density at radius 3 is 1.97 bits per heavy atom. The molecule has 0 spiro atoms. The molecular weight excluding hydrogens is 372 g/mol. The molecule has 0 aliphatic heterocycles. The van der Waals surface area contributed by atoms with Gasteiger partial charge in [-0.3, -0.25) is 14.6 Å². The lowest BCUT2D eigenvalue weighted by Gasteiger charge is -2.33. The predicted molar refractivity (Wildman–Crippen MR) is 106 cm³/mol. The van der Waals surface area contributed by atoms with Gasteiger partial charge in [-0.25, -0.2) is 9.78 Å². The number of aliphatic carboxylic acids is 1. The fraction of sp³-hybridized carbons (Fsp3) is 0.667. The normalized spacial score (nSPS) is 20.4. The highest BCUT2D eigenvalue weighted by atomic mass is 16.4. The summed E-state index contributed by atoms with van der Waals surface area (Å²) < 4.78 is 0. The highest BCUT2D eigenvalue weighted by Gasteiger charge is 2.36. The predicted octanol–water partition coefficient (Wildman–Crippen LogP) is 2.30. The zero-order valence-corrected chi connectivity index (χ0v) is 16.7. The Labute approximate surface area is 170 Å². The highest BCUT2D eigenvalue weighted by molar-refractivity contribution is 5.96. The summed E-state index contributed by atoms with van der Waals surface area (Å²) in [6.45, 7) is 0. The van der Waals surface area contributed by atoms with Crippen molar-refractivity contribution >= 4 is 17.8 Å².